The van der Waals surface area contributed by atoms with E-state index in [9.17, 15) is 9.59 Å². The average molecular weight is 307 g/mol. The molecule has 0 saturated heterocycles. The van der Waals surface area contributed by atoms with Crippen molar-refractivity contribution in [2.24, 2.45) is 0 Å². The number of halogens is 1. The molecule has 2 rings (SSSR count). The molecule has 92 valence electrons. The monoisotopic (exact) mass is 306 g/mol. The van der Waals surface area contributed by atoms with E-state index in [4.69, 9.17) is 5.11 Å². The summed E-state index contributed by atoms with van der Waals surface area (Å²) in [7, 11) is 0. The first-order chi connectivity index (χ1) is 8.52. The number of fused-ring (bicyclic) bond motifs is 1. The third-order valence-corrected chi connectivity index (χ3v) is 3.85. The molecular weight excluding hydrogens is 296 g/mol. The molecule has 0 aromatic heterocycles. The van der Waals surface area contributed by atoms with Gasteiger partial charge in [0, 0.05) is 22.0 Å². The minimum atomic E-state index is -0.917. The van der Waals surface area contributed by atoms with Crippen molar-refractivity contribution < 1.29 is 14.7 Å². The molecule has 0 saturated carbocycles. The van der Waals surface area contributed by atoms with E-state index in [0.29, 0.717) is 15.6 Å². The Morgan fingerprint density at radius 3 is 2.50 bits per heavy atom. The van der Waals surface area contributed by atoms with E-state index >= 15 is 0 Å². The Hall–Kier alpha value is -1.68. The van der Waals surface area contributed by atoms with Gasteiger partial charge >= 0.3 is 5.97 Å². The van der Waals surface area contributed by atoms with Crippen molar-refractivity contribution in [2.45, 2.75) is 12.8 Å². The van der Waals surface area contributed by atoms with Gasteiger partial charge in [-0.2, -0.15) is 0 Å². The highest BCUT2D eigenvalue weighted by Crippen LogP contribution is 2.38. The van der Waals surface area contributed by atoms with E-state index in [1.54, 1.807) is 12.1 Å². The maximum atomic E-state index is 12.3. The molecule has 0 bridgehead atoms. The second kappa shape index (κ2) is 4.90. The number of allylic oxidation sites excluding steroid dienone is 3. The van der Waals surface area contributed by atoms with Gasteiger partial charge in [0.1, 0.15) is 0 Å². The Morgan fingerprint density at radius 2 is 1.89 bits per heavy atom. The van der Waals surface area contributed by atoms with Gasteiger partial charge in [-0.05, 0) is 33.5 Å². The molecule has 0 atom stereocenters. The molecule has 1 aliphatic rings. The Kier molecular flexibility index (Phi) is 3.48. The van der Waals surface area contributed by atoms with Gasteiger partial charge in [0.05, 0.1) is 0 Å². The number of carbonyl (C=O) groups is 2. The van der Waals surface area contributed by atoms with Gasteiger partial charge in [-0.3, -0.25) is 9.59 Å². The predicted molar refractivity (Wildman–Crippen MR) is 72.6 cm³/mol. The van der Waals surface area contributed by atoms with Gasteiger partial charge in [-0.25, -0.2) is 0 Å². The number of aliphatic carboxylic acids is 1. The van der Waals surface area contributed by atoms with Gasteiger partial charge in [-0.1, -0.05) is 30.8 Å². The summed E-state index contributed by atoms with van der Waals surface area (Å²) in [6.45, 7) is 3.94. The topological polar surface area (TPSA) is 54.4 Å². The highest BCUT2D eigenvalue weighted by atomic mass is 79.9. The van der Waals surface area contributed by atoms with Gasteiger partial charge in [0.2, 0.25) is 0 Å². The van der Waals surface area contributed by atoms with Gasteiger partial charge in [0.25, 0.3) is 0 Å². The molecule has 1 N–H and O–H groups in total. The van der Waals surface area contributed by atoms with Crippen LogP contribution in [-0.4, -0.2) is 16.9 Å². The summed E-state index contributed by atoms with van der Waals surface area (Å²) in [5.41, 5.74) is 2.60. The molecule has 0 fully saturated rings. The number of carboxylic acid groups (broad SMARTS) is 1. The zero-order chi connectivity index (χ0) is 13.3. The van der Waals surface area contributed by atoms with Gasteiger partial charge in [-0.15, -0.1) is 0 Å². The number of hydrogen-bond donors (Lipinski definition) is 1. The van der Waals surface area contributed by atoms with Crippen LogP contribution in [0.1, 0.15) is 28.8 Å². The molecule has 1 aliphatic carbocycles. The largest absolute Gasteiger partial charge is 0.481 e. The molecule has 4 heteroatoms. The Morgan fingerprint density at radius 1 is 1.28 bits per heavy atom. The van der Waals surface area contributed by atoms with E-state index in [-0.39, 0.29) is 18.6 Å². The lowest BCUT2D eigenvalue weighted by Crippen LogP contribution is -2.14. The third kappa shape index (κ3) is 2.16. The first kappa shape index (κ1) is 12.8. The zero-order valence-electron chi connectivity index (χ0n) is 9.57. The summed E-state index contributed by atoms with van der Waals surface area (Å²) in [4.78, 5) is 22.9. The summed E-state index contributed by atoms with van der Waals surface area (Å²) < 4.78 is 0.618. The van der Waals surface area contributed by atoms with Gasteiger partial charge in [0.15, 0.2) is 5.78 Å². The van der Waals surface area contributed by atoms with Crippen molar-refractivity contribution in [3.63, 3.8) is 0 Å². The normalized spacial score (nSPS) is 14.7. The fourth-order valence-electron chi connectivity index (χ4n) is 1.96. The molecular formula is C14H11BrO3. The number of ketones is 1. The summed E-state index contributed by atoms with van der Waals surface area (Å²) >= 11 is 3.35. The fourth-order valence-corrected chi connectivity index (χ4v) is 2.55. The first-order valence-electron chi connectivity index (χ1n) is 5.46. The summed E-state index contributed by atoms with van der Waals surface area (Å²) in [6, 6.07) is 7.21. The number of rotatable bonds is 3. The molecule has 1 aromatic rings. The molecule has 0 amide bonds. The van der Waals surface area contributed by atoms with Crippen molar-refractivity contribution in [3.8, 4) is 0 Å². The van der Waals surface area contributed by atoms with Crippen LogP contribution < -0.4 is 0 Å². The lowest BCUT2D eigenvalue weighted by Gasteiger charge is -2.20. The minimum Gasteiger partial charge on any atom is -0.481 e. The van der Waals surface area contributed by atoms with Crippen LogP contribution in [0.4, 0.5) is 0 Å². The van der Waals surface area contributed by atoms with Crippen LogP contribution in [0.5, 0.6) is 0 Å². The van der Waals surface area contributed by atoms with Crippen molar-refractivity contribution in [1.82, 2.24) is 0 Å². The quantitative estimate of drug-likeness (QED) is 0.931. The highest BCUT2D eigenvalue weighted by molar-refractivity contribution is 9.12. The van der Waals surface area contributed by atoms with Crippen LogP contribution in [-0.2, 0) is 4.79 Å². The molecule has 18 heavy (non-hydrogen) atoms. The summed E-state index contributed by atoms with van der Waals surface area (Å²) in [5, 5.41) is 8.71. The first-order valence-corrected chi connectivity index (χ1v) is 6.25. The minimum absolute atomic E-state index is 0.0639. The van der Waals surface area contributed by atoms with E-state index in [0.717, 1.165) is 11.1 Å². The predicted octanol–water partition coefficient (Wildman–Crippen LogP) is 3.41. The Balaban J connectivity index is 2.43. The maximum absolute atomic E-state index is 12.3. The van der Waals surface area contributed by atoms with Gasteiger partial charge < -0.3 is 5.11 Å². The van der Waals surface area contributed by atoms with Crippen LogP contribution in [0.2, 0.25) is 0 Å². The Bertz CT molecular complexity index is 584. The van der Waals surface area contributed by atoms with Crippen LogP contribution in [0.15, 0.2) is 40.9 Å². The standard InChI is InChI=1S/C14H11BrO3/c1-8-9-4-2-3-5-10(9)14(18)11(13(8)15)6-7-12(16)17/h2-5H,1,6-7H2,(H,16,17). The molecule has 0 spiro atoms. The number of carboxylic acids is 1. The summed E-state index contributed by atoms with van der Waals surface area (Å²) in [6.07, 6.45) is 0.147. The second-order valence-electron chi connectivity index (χ2n) is 4.04. The zero-order valence-corrected chi connectivity index (χ0v) is 11.2. The molecule has 0 unspecified atom stereocenters. The Labute approximate surface area is 113 Å². The van der Waals surface area contributed by atoms with Crippen molar-refractivity contribution in [1.29, 1.82) is 0 Å². The van der Waals surface area contributed by atoms with Crippen LogP contribution >= 0.6 is 15.9 Å². The van der Waals surface area contributed by atoms with E-state index in [2.05, 4.69) is 22.5 Å². The highest BCUT2D eigenvalue weighted by Gasteiger charge is 2.26. The van der Waals surface area contributed by atoms with E-state index in [1.807, 2.05) is 12.1 Å². The number of hydrogen-bond acceptors (Lipinski definition) is 2. The summed E-state index contributed by atoms with van der Waals surface area (Å²) in [5.74, 6) is -1.04. The SMILES string of the molecule is C=C1C(Br)=C(CCC(=O)O)C(=O)c2ccccc21. The van der Waals surface area contributed by atoms with Crippen LogP contribution in [0, 0.1) is 0 Å². The second-order valence-corrected chi connectivity index (χ2v) is 4.83. The molecule has 0 heterocycles. The number of benzene rings is 1. The third-order valence-electron chi connectivity index (χ3n) is 2.89. The maximum Gasteiger partial charge on any atom is 0.303 e. The fraction of sp³-hybridized carbons (Fsp3) is 0.143. The molecule has 3 nitrogen and oxygen atoms in total. The number of Topliss-reactive ketones (excluding diaryl/α,β-unsaturated/α-hetero) is 1. The smallest absolute Gasteiger partial charge is 0.303 e. The lowest BCUT2D eigenvalue weighted by atomic mass is 9.86. The lowest BCUT2D eigenvalue weighted by molar-refractivity contribution is -0.136. The van der Waals surface area contributed by atoms with Crippen molar-refractivity contribution in [3.05, 3.63) is 52.0 Å². The van der Waals surface area contributed by atoms with E-state index < -0.39 is 5.97 Å². The average Bonchev–Trinajstić information content (AvgIpc) is 2.36. The van der Waals surface area contributed by atoms with Crippen molar-refractivity contribution >= 4 is 33.3 Å². The molecule has 0 aliphatic heterocycles. The molecule has 1 aromatic carbocycles. The van der Waals surface area contributed by atoms with E-state index in [1.165, 1.54) is 0 Å². The van der Waals surface area contributed by atoms with Crippen LogP contribution in [0.25, 0.3) is 5.57 Å². The number of carbonyl (C=O) groups excluding carboxylic acids is 1. The van der Waals surface area contributed by atoms with Crippen molar-refractivity contribution in [2.75, 3.05) is 0 Å². The molecule has 0 radical (unpaired) electrons. The van der Waals surface area contributed by atoms with Crippen LogP contribution in [0.3, 0.4) is 0 Å².